The molecule has 0 unspecified atom stereocenters. The number of hydrogen-bond acceptors (Lipinski definition) is 4. The van der Waals surface area contributed by atoms with Crippen LogP contribution in [0.1, 0.15) is 5.56 Å². The van der Waals surface area contributed by atoms with E-state index in [1.54, 1.807) is 50.1 Å². The van der Waals surface area contributed by atoms with Crippen LogP contribution in [0, 0.1) is 6.92 Å². The molecule has 0 aliphatic rings. The summed E-state index contributed by atoms with van der Waals surface area (Å²) in [6.07, 6.45) is -1.45. The molecule has 0 fully saturated rings. The SMILES string of the molecule is Cc1cc(OC(F)(F)F)cc(Cl)c1Nc1nccc2c1ccn2CC(=O)N(C)C. The first-order valence-corrected chi connectivity index (χ1v) is 8.90. The van der Waals surface area contributed by atoms with E-state index in [9.17, 15) is 18.0 Å². The number of rotatable bonds is 5. The minimum Gasteiger partial charge on any atom is -0.406 e. The van der Waals surface area contributed by atoms with Gasteiger partial charge >= 0.3 is 6.36 Å². The van der Waals surface area contributed by atoms with E-state index in [0.717, 1.165) is 17.0 Å². The Labute approximate surface area is 169 Å². The molecule has 0 atom stereocenters. The van der Waals surface area contributed by atoms with Gasteiger partial charge in [-0.15, -0.1) is 13.2 Å². The fourth-order valence-corrected chi connectivity index (χ4v) is 3.13. The maximum atomic E-state index is 12.4. The van der Waals surface area contributed by atoms with Crippen LogP contribution in [0.2, 0.25) is 5.02 Å². The van der Waals surface area contributed by atoms with Gasteiger partial charge in [0.05, 0.1) is 16.2 Å². The van der Waals surface area contributed by atoms with E-state index in [1.165, 1.54) is 11.0 Å². The first-order chi connectivity index (χ1) is 13.5. The summed E-state index contributed by atoms with van der Waals surface area (Å²) in [5.41, 5.74) is 1.65. The molecule has 2 aromatic heterocycles. The number of pyridine rings is 1. The Bertz CT molecular complexity index is 1040. The predicted octanol–water partition coefficient (Wildman–Crippen LogP) is 4.73. The molecule has 0 aliphatic heterocycles. The second kappa shape index (κ2) is 7.82. The van der Waals surface area contributed by atoms with E-state index < -0.39 is 12.1 Å². The third-order valence-electron chi connectivity index (χ3n) is 4.24. The van der Waals surface area contributed by atoms with Crippen molar-refractivity contribution in [2.24, 2.45) is 0 Å². The molecule has 0 radical (unpaired) electrons. The molecule has 29 heavy (non-hydrogen) atoms. The van der Waals surface area contributed by atoms with Gasteiger partial charge in [0.15, 0.2) is 0 Å². The quantitative estimate of drug-likeness (QED) is 0.641. The average Bonchev–Trinajstić information content (AvgIpc) is 3.00. The molecule has 0 bridgehead atoms. The highest BCUT2D eigenvalue weighted by molar-refractivity contribution is 6.33. The zero-order chi connectivity index (χ0) is 21.3. The van der Waals surface area contributed by atoms with Crippen molar-refractivity contribution < 1.29 is 22.7 Å². The minimum atomic E-state index is -4.80. The lowest BCUT2D eigenvalue weighted by Gasteiger charge is -2.15. The van der Waals surface area contributed by atoms with Gasteiger partial charge in [-0.2, -0.15) is 0 Å². The Hall–Kier alpha value is -2.94. The summed E-state index contributed by atoms with van der Waals surface area (Å²) in [6.45, 7) is 1.78. The molecule has 0 spiro atoms. The molecule has 3 rings (SSSR count). The number of anilines is 2. The van der Waals surface area contributed by atoms with Gasteiger partial charge in [-0.1, -0.05) is 11.6 Å². The summed E-state index contributed by atoms with van der Waals surface area (Å²) in [5, 5.41) is 3.88. The van der Waals surface area contributed by atoms with E-state index in [1.807, 2.05) is 0 Å². The van der Waals surface area contributed by atoms with Crippen molar-refractivity contribution in [3.63, 3.8) is 0 Å². The van der Waals surface area contributed by atoms with Crippen molar-refractivity contribution in [3.05, 3.63) is 47.2 Å². The van der Waals surface area contributed by atoms with Gasteiger partial charge in [0, 0.05) is 37.9 Å². The van der Waals surface area contributed by atoms with Crippen LogP contribution in [-0.2, 0) is 11.3 Å². The number of fused-ring (bicyclic) bond motifs is 1. The highest BCUT2D eigenvalue weighted by Crippen LogP contribution is 2.36. The van der Waals surface area contributed by atoms with Crippen molar-refractivity contribution in [1.82, 2.24) is 14.5 Å². The Morgan fingerprint density at radius 1 is 1.31 bits per heavy atom. The zero-order valence-corrected chi connectivity index (χ0v) is 16.6. The highest BCUT2D eigenvalue weighted by atomic mass is 35.5. The Morgan fingerprint density at radius 2 is 2.03 bits per heavy atom. The van der Waals surface area contributed by atoms with Gasteiger partial charge in [0.1, 0.15) is 18.1 Å². The van der Waals surface area contributed by atoms with Crippen molar-refractivity contribution in [2.75, 3.05) is 19.4 Å². The summed E-state index contributed by atoms with van der Waals surface area (Å²) in [4.78, 5) is 17.8. The molecule has 6 nitrogen and oxygen atoms in total. The molecular weight excluding hydrogens is 409 g/mol. The lowest BCUT2D eigenvalue weighted by molar-refractivity contribution is -0.274. The summed E-state index contributed by atoms with van der Waals surface area (Å²) >= 11 is 6.18. The van der Waals surface area contributed by atoms with Gasteiger partial charge in [0.2, 0.25) is 5.91 Å². The average molecular weight is 427 g/mol. The minimum absolute atomic E-state index is 0.0604. The number of alkyl halides is 3. The summed E-state index contributed by atoms with van der Waals surface area (Å²) < 4.78 is 43.1. The Balaban J connectivity index is 1.93. The molecule has 1 N–H and O–H groups in total. The van der Waals surface area contributed by atoms with Crippen molar-refractivity contribution >= 4 is 39.9 Å². The van der Waals surface area contributed by atoms with E-state index >= 15 is 0 Å². The number of aromatic nitrogens is 2. The number of carbonyl (C=O) groups is 1. The molecule has 1 amide bonds. The first-order valence-electron chi connectivity index (χ1n) is 8.52. The Morgan fingerprint density at radius 3 is 2.66 bits per heavy atom. The second-order valence-electron chi connectivity index (χ2n) is 6.59. The number of aryl methyl sites for hydroxylation is 1. The number of nitrogens with one attached hydrogen (secondary N) is 1. The van der Waals surface area contributed by atoms with Gasteiger partial charge in [-0.05, 0) is 30.7 Å². The number of halogens is 4. The number of benzene rings is 1. The van der Waals surface area contributed by atoms with Crippen LogP contribution in [0.3, 0.4) is 0 Å². The van der Waals surface area contributed by atoms with Gasteiger partial charge in [-0.25, -0.2) is 4.98 Å². The molecular formula is C19H18ClF3N4O2. The Kier molecular flexibility index (Phi) is 5.61. The largest absolute Gasteiger partial charge is 0.573 e. The van der Waals surface area contributed by atoms with Crippen molar-refractivity contribution in [2.45, 2.75) is 19.8 Å². The molecule has 2 heterocycles. The predicted molar refractivity (Wildman–Crippen MR) is 105 cm³/mol. The molecule has 154 valence electrons. The maximum Gasteiger partial charge on any atom is 0.573 e. The zero-order valence-electron chi connectivity index (χ0n) is 15.8. The standard InChI is InChI=1S/C19H18ClF3N4O2/c1-11-8-12(29-19(21,22)23)9-14(20)17(11)25-18-13-5-7-27(10-16(28)26(2)3)15(13)4-6-24-18/h4-9H,10H2,1-3H3,(H,24,25). The molecule has 0 aliphatic carbocycles. The monoisotopic (exact) mass is 426 g/mol. The third-order valence-corrected chi connectivity index (χ3v) is 4.54. The van der Waals surface area contributed by atoms with Crippen LogP contribution in [0.4, 0.5) is 24.7 Å². The lowest BCUT2D eigenvalue weighted by atomic mass is 10.2. The van der Waals surface area contributed by atoms with Crippen LogP contribution < -0.4 is 10.1 Å². The van der Waals surface area contributed by atoms with E-state index in [2.05, 4.69) is 15.0 Å². The lowest BCUT2D eigenvalue weighted by Crippen LogP contribution is -2.25. The molecule has 0 saturated carbocycles. The number of hydrogen-bond donors (Lipinski definition) is 1. The number of ether oxygens (including phenoxy) is 1. The smallest absolute Gasteiger partial charge is 0.406 e. The third kappa shape index (κ3) is 4.73. The first kappa shape index (κ1) is 20.8. The van der Waals surface area contributed by atoms with Gasteiger partial charge in [0.25, 0.3) is 0 Å². The molecule has 0 saturated heterocycles. The fourth-order valence-electron chi connectivity index (χ4n) is 2.83. The van der Waals surface area contributed by atoms with E-state index in [-0.39, 0.29) is 17.5 Å². The van der Waals surface area contributed by atoms with Crippen LogP contribution in [-0.4, -0.2) is 40.8 Å². The van der Waals surface area contributed by atoms with Gasteiger partial charge < -0.3 is 19.5 Å². The maximum absolute atomic E-state index is 12.4. The summed E-state index contributed by atoms with van der Waals surface area (Å²) in [5.74, 6) is 0.00562. The van der Waals surface area contributed by atoms with Crippen LogP contribution >= 0.6 is 11.6 Å². The summed E-state index contributed by atoms with van der Waals surface area (Å²) in [6, 6.07) is 5.91. The highest BCUT2D eigenvalue weighted by Gasteiger charge is 2.31. The number of likely N-dealkylation sites (N-methyl/N-ethyl adjacent to an activating group) is 1. The van der Waals surface area contributed by atoms with Crippen LogP contribution in [0.25, 0.3) is 10.9 Å². The molecule has 10 heteroatoms. The van der Waals surface area contributed by atoms with Gasteiger partial charge in [-0.3, -0.25) is 4.79 Å². The van der Waals surface area contributed by atoms with E-state index in [4.69, 9.17) is 11.6 Å². The van der Waals surface area contributed by atoms with Crippen molar-refractivity contribution in [1.29, 1.82) is 0 Å². The molecule has 3 aromatic rings. The topological polar surface area (TPSA) is 59.4 Å². The van der Waals surface area contributed by atoms with E-state index in [0.29, 0.717) is 17.1 Å². The van der Waals surface area contributed by atoms with Crippen LogP contribution in [0.5, 0.6) is 5.75 Å². The second-order valence-corrected chi connectivity index (χ2v) is 7.00. The molecule has 1 aromatic carbocycles. The van der Waals surface area contributed by atoms with Crippen molar-refractivity contribution in [3.8, 4) is 5.75 Å². The number of carbonyl (C=O) groups excluding carboxylic acids is 1. The van der Waals surface area contributed by atoms with Crippen LogP contribution in [0.15, 0.2) is 36.7 Å². The fraction of sp³-hybridized carbons (Fsp3) is 0.263. The summed E-state index contributed by atoms with van der Waals surface area (Å²) in [7, 11) is 3.36. The number of nitrogens with zero attached hydrogens (tertiary/aromatic N) is 3. The normalized spacial score (nSPS) is 11.6. The number of amides is 1.